The van der Waals surface area contributed by atoms with Gasteiger partial charge in [0.2, 0.25) is 11.6 Å². The van der Waals surface area contributed by atoms with Crippen LogP contribution in [0.1, 0.15) is 64.4 Å². The topological polar surface area (TPSA) is 9.23 Å². The lowest BCUT2D eigenvalue weighted by molar-refractivity contribution is 0.127. The fourth-order valence-electron chi connectivity index (χ4n) is 3.09. The van der Waals surface area contributed by atoms with Gasteiger partial charge in [-0.25, -0.2) is 8.78 Å². The fraction of sp³-hybridized carbons (Fsp3) is 0.579. The maximum Gasteiger partial charge on any atom is 0.204 e. The molecule has 0 radical (unpaired) electrons. The minimum Gasteiger partial charge on any atom is -0.487 e. The summed E-state index contributed by atoms with van der Waals surface area (Å²) in [6, 6.07) is 0. The second-order valence-electron chi connectivity index (χ2n) is 7.16. The maximum absolute atomic E-state index is 14.2. The molecule has 1 unspecified atom stereocenters. The monoisotopic (exact) mass is 344 g/mol. The lowest BCUT2D eigenvalue weighted by Gasteiger charge is -2.30. The van der Waals surface area contributed by atoms with Crippen LogP contribution in [0, 0.1) is 28.7 Å². The molecule has 1 aliphatic carbocycles. The van der Waals surface area contributed by atoms with Crippen molar-refractivity contribution >= 4 is 0 Å². The quantitative estimate of drug-likeness (QED) is 0.355. The van der Waals surface area contributed by atoms with Crippen molar-refractivity contribution in [3.63, 3.8) is 0 Å². The molecule has 0 heterocycles. The number of halogens is 4. The summed E-state index contributed by atoms with van der Waals surface area (Å²) in [4.78, 5) is 0. The maximum atomic E-state index is 14.2. The third-order valence-electron chi connectivity index (χ3n) is 4.63. The average Bonchev–Trinajstić information content (AvgIpc) is 2.49. The highest BCUT2D eigenvalue weighted by atomic mass is 19.2. The van der Waals surface area contributed by atoms with Gasteiger partial charge in [0.1, 0.15) is 0 Å². The highest BCUT2D eigenvalue weighted by Crippen LogP contribution is 2.37. The molecule has 0 spiro atoms. The summed E-state index contributed by atoms with van der Waals surface area (Å²) < 4.78 is 61.7. The molecule has 1 nitrogen and oxygen atoms in total. The van der Waals surface area contributed by atoms with Crippen LogP contribution < -0.4 is 4.74 Å². The highest BCUT2D eigenvalue weighted by molar-refractivity contribution is 5.36. The molecule has 2 rings (SSSR count). The van der Waals surface area contributed by atoms with E-state index in [4.69, 9.17) is 4.74 Å². The van der Waals surface area contributed by atoms with Gasteiger partial charge in [-0.3, -0.25) is 0 Å². The molecule has 0 amide bonds. The zero-order chi connectivity index (χ0) is 17.9. The molecule has 0 saturated carbocycles. The number of hydrogen-bond donors (Lipinski definition) is 0. The van der Waals surface area contributed by atoms with Gasteiger partial charge in [-0.15, -0.1) is 0 Å². The first-order chi connectivity index (χ1) is 11.3. The average molecular weight is 344 g/mol. The molecule has 1 atom stereocenters. The lowest BCUT2D eigenvalue weighted by Crippen LogP contribution is -2.26. The summed E-state index contributed by atoms with van der Waals surface area (Å²) in [6.45, 7) is 4.94. The Balaban J connectivity index is 2.25. The van der Waals surface area contributed by atoms with E-state index in [1.54, 1.807) is 0 Å². The van der Waals surface area contributed by atoms with E-state index >= 15 is 0 Å². The summed E-state index contributed by atoms with van der Waals surface area (Å²) in [6.07, 6.45) is 8.56. The van der Waals surface area contributed by atoms with Crippen molar-refractivity contribution < 1.29 is 22.3 Å². The van der Waals surface area contributed by atoms with Gasteiger partial charge in [0.25, 0.3) is 0 Å². The minimum atomic E-state index is -1.45. The Hall–Kier alpha value is -1.52. The van der Waals surface area contributed by atoms with E-state index in [0.717, 1.165) is 32.1 Å². The van der Waals surface area contributed by atoms with E-state index in [2.05, 4.69) is 12.2 Å². The van der Waals surface area contributed by atoms with Gasteiger partial charge < -0.3 is 4.74 Å². The van der Waals surface area contributed by atoms with Crippen molar-refractivity contribution in [3.8, 4) is 5.75 Å². The Kier molecular flexibility index (Phi) is 5.94. The van der Waals surface area contributed by atoms with Crippen LogP contribution in [-0.2, 0) is 0 Å². The Morgan fingerprint density at radius 2 is 1.54 bits per heavy atom. The first-order valence-electron chi connectivity index (χ1n) is 8.40. The summed E-state index contributed by atoms with van der Waals surface area (Å²) >= 11 is 0. The fourth-order valence-corrected chi connectivity index (χ4v) is 3.09. The molecular formula is C19H24F4O. The van der Waals surface area contributed by atoms with Crippen molar-refractivity contribution in [2.75, 3.05) is 6.61 Å². The number of benzene rings is 1. The predicted octanol–water partition coefficient (Wildman–Crippen LogP) is 6.27. The van der Waals surface area contributed by atoms with Crippen LogP contribution in [0.15, 0.2) is 12.2 Å². The van der Waals surface area contributed by atoms with Crippen molar-refractivity contribution in [1.82, 2.24) is 0 Å². The van der Waals surface area contributed by atoms with Gasteiger partial charge in [-0.2, -0.15) is 8.78 Å². The van der Waals surface area contributed by atoms with Crippen LogP contribution in [0.4, 0.5) is 17.6 Å². The van der Waals surface area contributed by atoms with Crippen LogP contribution in [0.2, 0.25) is 0 Å². The van der Waals surface area contributed by atoms with Gasteiger partial charge in [0.05, 0.1) is 6.61 Å². The smallest absolute Gasteiger partial charge is 0.204 e. The van der Waals surface area contributed by atoms with E-state index in [0.29, 0.717) is 0 Å². The van der Waals surface area contributed by atoms with E-state index in [1.165, 1.54) is 13.8 Å². The Morgan fingerprint density at radius 1 is 0.958 bits per heavy atom. The standard InChI is InChI=1S/C19H24F4O/c1-12(2)13-14(20)16(22)18(17(23)15(13)21)24-11-19(3)9-7-5-4-6-8-10-19/h4-5,12H,6-11H2,1-3H3/b5-4-. The number of ether oxygens (including phenoxy) is 1. The largest absolute Gasteiger partial charge is 0.487 e. The van der Waals surface area contributed by atoms with E-state index in [9.17, 15) is 17.6 Å². The predicted molar refractivity (Wildman–Crippen MR) is 86.2 cm³/mol. The van der Waals surface area contributed by atoms with Gasteiger partial charge in [0.15, 0.2) is 17.4 Å². The summed E-state index contributed by atoms with van der Waals surface area (Å²) in [5, 5.41) is 0. The second kappa shape index (κ2) is 7.58. The molecule has 0 N–H and O–H groups in total. The number of rotatable bonds is 4. The Labute approximate surface area is 140 Å². The summed E-state index contributed by atoms with van der Waals surface area (Å²) in [5.41, 5.74) is -0.868. The summed E-state index contributed by atoms with van der Waals surface area (Å²) in [7, 11) is 0. The van der Waals surface area contributed by atoms with Crippen LogP contribution >= 0.6 is 0 Å². The molecule has 0 aromatic heterocycles. The minimum absolute atomic E-state index is 0.0224. The molecule has 0 aliphatic heterocycles. The molecule has 1 aliphatic rings. The number of hydrogen-bond acceptors (Lipinski definition) is 1. The SMILES string of the molecule is CC(C)c1c(F)c(F)c(OCC2(C)CC/C=C\CCC2)c(F)c1F. The normalized spacial score (nSPS) is 23.0. The molecule has 24 heavy (non-hydrogen) atoms. The highest BCUT2D eigenvalue weighted by Gasteiger charge is 2.31. The van der Waals surface area contributed by atoms with Crippen LogP contribution in [0.3, 0.4) is 0 Å². The van der Waals surface area contributed by atoms with Crippen molar-refractivity contribution in [1.29, 1.82) is 0 Å². The Morgan fingerprint density at radius 3 is 2.12 bits per heavy atom. The molecule has 0 fully saturated rings. The molecule has 0 bridgehead atoms. The first kappa shape index (κ1) is 18.8. The van der Waals surface area contributed by atoms with Gasteiger partial charge in [0, 0.05) is 11.0 Å². The molecule has 1 aromatic rings. The molecule has 5 heteroatoms. The van der Waals surface area contributed by atoms with Crippen molar-refractivity contribution in [2.45, 2.75) is 58.8 Å². The number of allylic oxidation sites excluding steroid dienone is 2. The van der Waals surface area contributed by atoms with Gasteiger partial charge in [-0.05, 0) is 38.0 Å². The van der Waals surface area contributed by atoms with Gasteiger partial charge >= 0.3 is 0 Å². The van der Waals surface area contributed by atoms with Crippen molar-refractivity contribution in [2.24, 2.45) is 5.41 Å². The van der Waals surface area contributed by atoms with E-state index in [1.807, 2.05) is 6.92 Å². The third-order valence-corrected chi connectivity index (χ3v) is 4.63. The zero-order valence-electron chi connectivity index (χ0n) is 14.4. The van der Waals surface area contributed by atoms with Crippen LogP contribution in [-0.4, -0.2) is 6.61 Å². The first-order valence-corrected chi connectivity index (χ1v) is 8.40. The Bertz CT molecular complexity index is 595. The third kappa shape index (κ3) is 3.93. The molecular weight excluding hydrogens is 320 g/mol. The second-order valence-corrected chi connectivity index (χ2v) is 7.16. The molecule has 0 saturated heterocycles. The zero-order valence-corrected chi connectivity index (χ0v) is 14.4. The van der Waals surface area contributed by atoms with Gasteiger partial charge in [-0.1, -0.05) is 32.9 Å². The molecule has 134 valence electrons. The van der Waals surface area contributed by atoms with E-state index < -0.39 is 40.5 Å². The van der Waals surface area contributed by atoms with Crippen LogP contribution in [0.5, 0.6) is 5.75 Å². The summed E-state index contributed by atoms with van der Waals surface area (Å²) in [5.74, 6) is -7.26. The molecule has 1 aromatic carbocycles. The van der Waals surface area contributed by atoms with E-state index in [-0.39, 0.29) is 12.0 Å². The van der Waals surface area contributed by atoms with Crippen molar-refractivity contribution in [3.05, 3.63) is 41.0 Å². The van der Waals surface area contributed by atoms with Crippen LogP contribution in [0.25, 0.3) is 0 Å². The lowest BCUT2D eigenvalue weighted by atomic mass is 9.80.